The molecule has 1 saturated heterocycles. The standard InChI is InChI=1S/C27H33ClO7S/c1-3-35-20-7-4-16(5-8-20)10-18-11-17(6-9-23(18)28)27-22(14-26(33)34)21(13-25(31)32)19(12-24(29)30)15-36(27)2/h4-9,11,19,21-22,27,36H,3,10,12-15H2,1-2H3,(H,29,30)(H,31,32)(H,33,34)/t19-,21-,22+,27-/m1/s1. The Hall–Kier alpha value is -2.71. The molecule has 36 heavy (non-hydrogen) atoms. The molecule has 0 spiro atoms. The third kappa shape index (κ3) is 7.17. The predicted octanol–water partition coefficient (Wildman–Crippen LogP) is 5.29. The minimum Gasteiger partial charge on any atom is -0.494 e. The first kappa shape index (κ1) is 27.9. The maximum Gasteiger partial charge on any atom is 0.303 e. The highest BCUT2D eigenvalue weighted by molar-refractivity contribution is 8.16. The number of hydrogen-bond acceptors (Lipinski definition) is 4. The fourth-order valence-electron chi connectivity index (χ4n) is 5.46. The number of hydrogen-bond donors (Lipinski definition) is 4. The van der Waals surface area contributed by atoms with E-state index in [9.17, 15) is 29.7 Å². The second-order valence-corrected chi connectivity index (χ2v) is 12.2. The highest BCUT2D eigenvalue weighted by Crippen LogP contribution is 2.57. The number of carboxylic acid groups (broad SMARTS) is 3. The van der Waals surface area contributed by atoms with Gasteiger partial charge >= 0.3 is 17.9 Å². The van der Waals surface area contributed by atoms with E-state index >= 15 is 0 Å². The number of carbonyl (C=O) groups is 3. The smallest absolute Gasteiger partial charge is 0.303 e. The largest absolute Gasteiger partial charge is 0.494 e. The van der Waals surface area contributed by atoms with Gasteiger partial charge in [-0.15, -0.1) is 0 Å². The summed E-state index contributed by atoms with van der Waals surface area (Å²) in [6.45, 7) is 2.51. The van der Waals surface area contributed by atoms with Gasteiger partial charge in [-0.05, 0) is 78.0 Å². The normalized spacial score (nSPS) is 24.7. The van der Waals surface area contributed by atoms with Gasteiger partial charge in [0.1, 0.15) is 5.75 Å². The molecule has 3 rings (SSSR count). The van der Waals surface area contributed by atoms with E-state index < -0.39 is 40.6 Å². The average Bonchev–Trinajstić information content (AvgIpc) is 2.79. The van der Waals surface area contributed by atoms with E-state index in [0.29, 0.717) is 23.8 Å². The molecule has 1 aliphatic rings. The van der Waals surface area contributed by atoms with Crippen LogP contribution < -0.4 is 4.74 Å². The zero-order valence-electron chi connectivity index (χ0n) is 20.4. The molecule has 196 valence electrons. The zero-order chi connectivity index (χ0) is 26.4. The van der Waals surface area contributed by atoms with E-state index in [1.165, 1.54) is 0 Å². The van der Waals surface area contributed by atoms with E-state index in [1.807, 2.05) is 49.4 Å². The number of benzene rings is 2. The number of carboxylic acids is 3. The van der Waals surface area contributed by atoms with Crippen molar-refractivity contribution in [1.82, 2.24) is 0 Å². The monoisotopic (exact) mass is 536 g/mol. The summed E-state index contributed by atoms with van der Waals surface area (Å²) in [6.07, 6.45) is 2.03. The minimum atomic E-state index is -1.04. The first-order valence-electron chi connectivity index (χ1n) is 11.9. The second kappa shape index (κ2) is 12.5. The van der Waals surface area contributed by atoms with Crippen molar-refractivity contribution in [3.8, 4) is 5.75 Å². The molecule has 2 aromatic rings. The van der Waals surface area contributed by atoms with E-state index in [2.05, 4.69) is 6.26 Å². The van der Waals surface area contributed by atoms with Gasteiger partial charge in [-0.25, -0.2) is 10.9 Å². The molecule has 7 nitrogen and oxygen atoms in total. The van der Waals surface area contributed by atoms with Crippen LogP contribution in [0.1, 0.15) is 48.1 Å². The van der Waals surface area contributed by atoms with Crippen molar-refractivity contribution in [1.29, 1.82) is 0 Å². The van der Waals surface area contributed by atoms with E-state index in [0.717, 1.165) is 22.4 Å². The molecular weight excluding hydrogens is 504 g/mol. The van der Waals surface area contributed by atoms with Crippen LogP contribution in [0.4, 0.5) is 0 Å². The van der Waals surface area contributed by atoms with Gasteiger partial charge in [-0.2, -0.15) is 0 Å². The summed E-state index contributed by atoms with van der Waals surface area (Å²) in [5.74, 6) is -3.06. The molecule has 1 fully saturated rings. The molecule has 1 heterocycles. The Morgan fingerprint density at radius 3 is 2.14 bits per heavy atom. The zero-order valence-corrected chi connectivity index (χ0v) is 22.0. The molecule has 2 aromatic carbocycles. The summed E-state index contributed by atoms with van der Waals surface area (Å²) in [7, 11) is -0.792. The molecule has 0 aromatic heterocycles. The van der Waals surface area contributed by atoms with Crippen molar-refractivity contribution in [3.05, 3.63) is 64.2 Å². The molecular formula is C27H33ClO7S. The number of rotatable bonds is 11. The van der Waals surface area contributed by atoms with E-state index in [1.54, 1.807) is 0 Å². The molecule has 0 saturated carbocycles. The first-order valence-corrected chi connectivity index (χ1v) is 14.4. The van der Waals surface area contributed by atoms with Crippen molar-refractivity contribution in [3.63, 3.8) is 0 Å². The molecule has 5 atom stereocenters. The van der Waals surface area contributed by atoms with Gasteiger partial charge < -0.3 is 20.1 Å². The number of halogens is 1. The summed E-state index contributed by atoms with van der Waals surface area (Å²) in [5, 5.41) is 29.1. The van der Waals surface area contributed by atoms with Gasteiger partial charge in [0.05, 0.1) is 6.61 Å². The number of ether oxygens (including phenoxy) is 1. The fourth-order valence-corrected chi connectivity index (χ4v) is 8.66. The summed E-state index contributed by atoms with van der Waals surface area (Å²) >= 11 is 6.54. The van der Waals surface area contributed by atoms with Crippen LogP contribution >= 0.6 is 22.5 Å². The van der Waals surface area contributed by atoms with Crippen LogP contribution in [0.25, 0.3) is 0 Å². The maximum absolute atomic E-state index is 11.9. The first-order chi connectivity index (χ1) is 17.1. The molecule has 9 heteroatoms. The molecule has 0 amide bonds. The van der Waals surface area contributed by atoms with Crippen LogP contribution in [-0.2, 0) is 20.8 Å². The van der Waals surface area contributed by atoms with E-state index in [4.69, 9.17) is 16.3 Å². The van der Waals surface area contributed by atoms with Gasteiger partial charge in [-0.1, -0.05) is 35.9 Å². The quantitative estimate of drug-likeness (QED) is 0.288. The lowest BCUT2D eigenvalue weighted by molar-refractivity contribution is -0.144. The van der Waals surface area contributed by atoms with Crippen molar-refractivity contribution < 1.29 is 34.4 Å². The third-order valence-electron chi connectivity index (χ3n) is 6.86. The Labute approximate surface area is 218 Å². The molecule has 3 N–H and O–H groups in total. The Balaban J connectivity index is 1.97. The lowest BCUT2D eigenvalue weighted by Gasteiger charge is -2.48. The summed E-state index contributed by atoms with van der Waals surface area (Å²) < 4.78 is 5.51. The number of thiol groups is 1. The lowest BCUT2D eigenvalue weighted by Crippen LogP contribution is -2.39. The van der Waals surface area contributed by atoms with Gasteiger partial charge in [0.15, 0.2) is 0 Å². The Kier molecular flexibility index (Phi) is 9.68. The van der Waals surface area contributed by atoms with Crippen LogP contribution in [0.15, 0.2) is 42.5 Å². The third-order valence-corrected chi connectivity index (χ3v) is 9.90. The van der Waals surface area contributed by atoms with Gasteiger partial charge in [0, 0.05) is 29.5 Å². The Bertz CT molecular complexity index is 1090. The number of aliphatic carboxylic acids is 3. The molecule has 1 aliphatic heterocycles. The van der Waals surface area contributed by atoms with Gasteiger partial charge in [0.25, 0.3) is 0 Å². The van der Waals surface area contributed by atoms with Crippen LogP contribution in [0.3, 0.4) is 0 Å². The molecule has 0 bridgehead atoms. The maximum atomic E-state index is 11.9. The average molecular weight is 537 g/mol. The predicted molar refractivity (Wildman–Crippen MR) is 142 cm³/mol. The SMILES string of the molecule is CCOc1ccc(Cc2cc([C@@H]3[C@@H](CC(=O)O)[C@H](CC(=O)O)[C@H](CC(=O)O)C[SH]3C)ccc2Cl)cc1. The molecule has 1 unspecified atom stereocenters. The topological polar surface area (TPSA) is 121 Å². The second-order valence-electron chi connectivity index (χ2n) is 9.37. The van der Waals surface area contributed by atoms with Crippen molar-refractivity contribution in [2.24, 2.45) is 17.8 Å². The Morgan fingerprint density at radius 2 is 1.56 bits per heavy atom. The minimum absolute atomic E-state index is 0.156. The summed E-state index contributed by atoms with van der Waals surface area (Å²) in [4.78, 5) is 35.1. The Morgan fingerprint density at radius 1 is 0.944 bits per heavy atom. The van der Waals surface area contributed by atoms with Crippen LogP contribution in [0, 0.1) is 17.8 Å². The van der Waals surface area contributed by atoms with Gasteiger partial charge in [-0.3, -0.25) is 14.4 Å². The summed E-state index contributed by atoms with van der Waals surface area (Å²) in [6, 6.07) is 13.5. The fraction of sp³-hybridized carbons (Fsp3) is 0.444. The van der Waals surface area contributed by atoms with Crippen LogP contribution in [-0.4, -0.2) is 51.8 Å². The van der Waals surface area contributed by atoms with Crippen molar-refractivity contribution in [2.45, 2.75) is 37.9 Å². The lowest BCUT2D eigenvalue weighted by atomic mass is 9.73. The molecule has 0 radical (unpaired) electrons. The molecule has 0 aliphatic carbocycles. The van der Waals surface area contributed by atoms with Crippen molar-refractivity contribution in [2.75, 3.05) is 18.6 Å². The highest BCUT2D eigenvalue weighted by atomic mass is 35.5. The summed E-state index contributed by atoms with van der Waals surface area (Å²) in [5.41, 5.74) is 2.88. The highest BCUT2D eigenvalue weighted by Gasteiger charge is 2.44. The van der Waals surface area contributed by atoms with E-state index in [-0.39, 0.29) is 30.4 Å². The van der Waals surface area contributed by atoms with Crippen LogP contribution in [0.5, 0.6) is 5.75 Å². The van der Waals surface area contributed by atoms with Gasteiger partial charge in [0.2, 0.25) is 0 Å². The van der Waals surface area contributed by atoms with Crippen LogP contribution in [0.2, 0.25) is 5.02 Å². The van der Waals surface area contributed by atoms with Crippen molar-refractivity contribution >= 4 is 40.4 Å².